The predicted molar refractivity (Wildman–Crippen MR) is 77.3 cm³/mol. The number of nitro benzene ring substituents is 1. The number of amides is 1. The van der Waals surface area contributed by atoms with Crippen LogP contribution in [0.1, 0.15) is 6.42 Å². The molecular formula is C13H12N4O5. The van der Waals surface area contributed by atoms with Crippen molar-refractivity contribution in [1.82, 2.24) is 4.98 Å². The van der Waals surface area contributed by atoms with Crippen molar-refractivity contribution >= 4 is 34.2 Å². The Labute approximate surface area is 123 Å². The van der Waals surface area contributed by atoms with Crippen LogP contribution >= 0.6 is 0 Å². The molecule has 0 radical (unpaired) electrons. The zero-order valence-corrected chi connectivity index (χ0v) is 11.2. The first-order chi connectivity index (χ1) is 10.4. The molecule has 0 aliphatic carbocycles. The fourth-order valence-electron chi connectivity index (χ4n) is 1.95. The first-order valence-corrected chi connectivity index (χ1v) is 6.19. The first-order valence-electron chi connectivity index (χ1n) is 6.19. The van der Waals surface area contributed by atoms with Crippen molar-refractivity contribution < 1.29 is 19.6 Å². The van der Waals surface area contributed by atoms with Crippen molar-refractivity contribution in [3.05, 3.63) is 40.6 Å². The van der Waals surface area contributed by atoms with Crippen LogP contribution in [0.4, 0.5) is 11.5 Å². The third-order valence-corrected chi connectivity index (χ3v) is 2.97. The number of aromatic nitrogens is 1. The summed E-state index contributed by atoms with van der Waals surface area (Å²) in [5.74, 6) is -1.93. The van der Waals surface area contributed by atoms with Gasteiger partial charge in [0, 0.05) is 23.7 Å². The van der Waals surface area contributed by atoms with Crippen LogP contribution in [0, 0.1) is 10.1 Å². The number of pyridine rings is 1. The Hall–Kier alpha value is -3.23. The van der Waals surface area contributed by atoms with Crippen molar-refractivity contribution in [3.8, 4) is 0 Å². The molecule has 22 heavy (non-hydrogen) atoms. The topological polar surface area (TPSA) is 148 Å². The molecule has 1 heterocycles. The maximum atomic E-state index is 11.1. The van der Waals surface area contributed by atoms with Crippen molar-refractivity contribution in [2.24, 2.45) is 5.73 Å². The Balaban J connectivity index is 2.45. The van der Waals surface area contributed by atoms with Gasteiger partial charge in [-0.15, -0.1) is 0 Å². The highest BCUT2D eigenvalue weighted by molar-refractivity contribution is 5.95. The van der Waals surface area contributed by atoms with Crippen LogP contribution in [0.2, 0.25) is 0 Å². The monoisotopic (exact) mass is 304 g/mol. The van der Waals surface area contributed by atoms with Crippen molar-refractivity contribution in [3.63, 3.8) is 0 Å². The zero-order valence-electron chi connectivity index (χ0n) is 11.2. The molecule has 0 bridgehead atoms. The summed E-state index contributed by atoms with van der Waals surface area (Å²) in [5, 5.41) is 23.5. The van der Waals surface area contributed by atoms with Gasteiger partial charge in [-0.05, 0) is 17.5 Å². The summed E-state index contributed by atoms with van der Waals surface area (Å²) < 4.78 is 0. The van der Waals surface area contributed by atoms with Gasteiger partial charge in [0.25, 0.3) is 5.69 Å². The number of carboxylic acid groups (broad SMARTS) is 1. The largest absolute Gasteiger partial charge is 0.480 e. The molecule has 0 fully saturated rings. The van der Waals surface area contributed by atoms with Crippen LogP contribution in [-0.2, 0) is 9.59 Å². The molecule has 0 spiro atoms. The zero-order chi connectivity index (χ0) is 16.3. The normalized spacial score (nSPS) is 11.8. The van der Waals surface area contributed by atoms with Gasteiger partial charge in [-0.2, -0.15) is 0 Å². The summed E-state index contributed by atoms with van der Waals surface area (Å²) in [6.45, 7) is 0. The number of carboxylic acids is 1. The number of hydrogen-bond acceptors (Lipinski definition) is 6. The average molecular weight is 304 g/mol. The maximum absolute atomic E-state index is 11.1. The summed E-state index contributed by atoms with van der Waals surface area (Å²) in [6.07, 6.45) is 1.00. The summed E-state index contributed by atoms with van der Waals surface area (Å²) in [6, 6.07) is 4.52. The van der Waals surface area contributed by atoms with E-state index < -0.39 is 29.3 Å². The second-order valence-corrected chi connectivity index (χ2v) is 4.53. The summed E-state index contributed by atoms with van der Waals surface area (Å²) in [7, 11) is 0. The minimum atomic E-state index is -1.27. The second-order valence-electron chi connectivity index (χ2n) is 4.53. The lowest BCUT2D eigenvalue weighted by atomic mass is 10.1. The third kappa shape index (κ3) is 3.26. The van der Waals surface area contributed by atoms with E-state index in [-0.39, 0.29) is 11.5 Å². The third-order valence-electron chi connectivity index (χ3n) is 2.97. The number of nitro groups is 1. The van der Waals surface area contributed by atoms with Gasteiger partial charge >= 0.3 is 5.97 Å². The molecule has 0 saturated carbocycles. The molecule has 0 aliphatic heterocycles. The van der Waals surface area contributed by atoms with Crippen LogP contribution in [0.25, 0.3) is 10.8 Å². The number of aliphatic carboxylic acids is 1. The molecule has 1 amide bonds. The van der Waals surface area contributed by atoms with Gasteiger partial charge in [0.05, 0.1) is 11.3 Å². The van der Waals surface area contributed by atoms with E-state index in [1.807, 2.05) is 0 Å². The van der Waals surface area contributed by atoms with Crippen molar-refractivity contribution in [2.45, 2.75) is 12.5 Å². The molecular weight excluding hydrogens is 292 g/mol. The number of nitrogens with two attached hydrogens (primary N) is 1. The van der Waals surface area contributed by atoms with Gasteiger partial charge in [0.2, 0.25) is 5.91 Å². The van der Waals surface area contributed by atoms with Crippen molar-refractivity contribution in [1.29, 1.82) is 0 Å². The minimum Gasteiger partial charge on any atom is -0.480 e. The van der Waals surface area contributed by atoms with Gasteiger partial charge < -0.3 is 16.2 Å². The van der Waals surface area contributed by atoms with Crippen molar-refractivity contribution in [2.75, 3.05) is 5.32 Å². The Morgan fingerprint density at radius 3 is 2.73 bits per heavy atom. The Morgan fingerprint density at radius 1 is 1.41 bits per heavy atom. The van der Waals surface area contributed by atoms with E-state index in [0.29, 0.717) is 10.8 Å². The Bertz CT molecular complexity index is 761. The number of fused-ring (bicyclic) bond motifs is 1. The van der Waals surface area contributed by atoms with E-state index in [9.17, 15) is 19.7 Å². The van der Waals surface area contributed by atoms with E-state index >= 15 is 0 Å². The van der Waals surface area contributed by atoms with E-state index in [2.05, 4.69) is 10.3 Å². The fourth-order valence-corrected chi connectivity index (χ4v) is 1.95. The lowest BCUT2D eigenvalue weighted by molar-refractivity contribution is -0.384. The van der Waals surface area contributed by atoms with E-state index in [0.717, 1.165) is 0 Å². The maximum Gasteiger partial charge on any atom is 0.326 e. The van der Waals surface area contributed by atoms with E-state index in [4.69, 9.17) is 10.8 Å². The lowest BCUT2D eigenvalue weighted by Gasteiger charge is -2.14. The number of rotatable bonds is 6. The molecule has 1 aromatic heterocycles. The molecule has 0 aliphatic rings. The van der Waals surface area contributed by atoms with Gasteiger partial charge in [0.15, 0.2) is 0 Å². The number of carbonyl (C=O) groups is 2. The van der Waals surface area contributed by atoms with E-state index in [1.54, 1.807) is 6.07 Å². The predicted octanol–water partition coefficient (Wildman–Crippen LogP) is 0.883. The number of benzene rings is 1. The summed E-state index contributed by atoms with van der Waals surface area (Å²) >= 11 is 0. The van der Waals surface area contributed by atoms with Crippen LogP contribution < -0.4 is 11.1 Å². The Kier molecular flexibility index (Phi) is 4.16. The van der Waals surface area contributed by atoms with E-state index in [1.165, 1.54) is 24.4 Å². The average Bonchev–Trinajstić information content (AvgIpc) is 2.45. The van der Waals surface area contributed by atoms with Crippen LogP contribution in [0.3, 0.4) is 0 Å². The standard InChI is InChI=1S/C13H12N4O5/c14-11(18)6-10(13(19)20)16-12-9-5-8(17(21)22)2-1-7(9)3-4-15-12/h1-5,10H,6H2,(H2,14,18)(H,15,16)(H,19,20). The number of non-ortho nitro benzene ring substituents is 1. The minimum absolute atomic E-state index is 0.134. The Morgan fingerprint density at radius 2 is 2.14 bits per heavy atom. The number of carbonyl (C=O) groups excluding carboxylic acids is 1. The smallest absolute Gasteiger partial charge is 0.326 e. The second kappa shape index (κ2) is 6.04. The number of primary amides is 1. The van der Waals surface area contributed by atoms with Gasteiger partial charge in [0.1, 0.15) is 11.9 Å². The molecule has 1 atom stereocenters. The molecule has 2 aromatic rings. The number of nitrogens with one attached hydrogen (secondary N) is 1. The molecule has 2 rings (SSSR count). The SMILES string of the molecule is NC(=O)CC(Nc1nccc2ccc([N+](=O)[O-])cc12)C(=O)O. The number of hydrogen-bond donors (Lipinski definition) is 3. The first kappa shape index (κ1) is 15.2. The highest BCUT2D eigenvalue weighted by Crippen LogP contribution is 2.26. The van der Waals surface area contributed by atoms with Gasteiger partial charge in [-0.3, -0.25) is 14.9 Å². The summed E-state index contributed by atoms with van der Waals surface area (Å²) in [5.41, 5.74) is 4.86. The molecule has 9 nitrogen and oxygen atoms in total. The molecule has 9 heteroatoms. The fraction of sp³-hybridized carbons (Fsp3) is 0.154. The van der Waals surface area contributed by atoms with Crippen LogP contribution in [-0.4, -0.2) is 32.9 Å². The number of anilines is 1. The molecule has 4 N–H and O–H groups in total. The molecule has 114 valence electrons. The van der Waals surface area contributed by atoms with Crippen LogP contribution in [0.15, 0.2) is 30.5 Å². The van der Waals surface area contributed by atoms with Gasteiger partial charge in [-0.25, -0.2) is 9.78 Å². The highest BCUT2D eigenvalue weighted by atomic mass is 16.6. The molecule has 0 saturated heterocycles. The molecule has 1 unspecified atom stereocenters. The number of nitrogens with zero attached hydrogens (tertiary/aromatic N) is 2. The van der Waals surface area contributed by atoms with Crippen LogP contribution in [0.5, 0.6) is 0 Å². The quantitative estimate of drug-likeness (QED) is 0.529. The summed E-state index contributed by atoms with van der Waals surface area (Å²) in [4.78, 5) is 36.3. The molecule has 1 aromatic carbocycles. The lowest BCUT2D eigenvalue weighted by Crippen LogP contribution is -2.34. The van der Waals surface area contributed by atoms with Gasteiger partial charge in [-0.1, -0.05) is 0 Å². The highest BCUT2D eigenvalue weighted by Gasteiger charge is 2.21.